The van der Waals surface area contributed by atoms with Crippen molar-refractivity contribution in [3.63, 3.8) is 0 Å². The number of carbonyl (C=O) groups is 1. The SMILES string of the molecule is CCCNC(C)(CCCSc1ncccc1Cl)C(N)=O. The Labute approximate surface area is 129 Å². The third-order valence-electron chi connectivity index (χ3n) is 3.09. The topological polar surface area (TPSA) is 68.0 Å². The van der Waals surface area contributed by atoms with Crippen LogP contribution < -0.4 is 11.1 Å². The molecule has 0 spiro atoms. The lowest BCUT2D eigenvalue weighted by Crippen LogP contribution is -2.53. The van der Waals surface area contributed by atoms with Gasteiger partial charge in [0.15, 0.2) is 0 Å². The van der Waals surface area contributed by atoms with Crippen LogP contribution in [0.2, 0.25) is 5.02 Å². The third-order valence-corrected chi connectivity index (χ3v) is 4.60. The second-order valence-corrected chi connectivity index (χ2v) is 6.36. The number of amides is 1. The average molecular weight is 316 g/mol. The Morgan fingerprint density at radius 3 is 2.95 bits per heavy atom. The highest BCUT2D eigenvalue weighted by Crippen LogP contribution is 2.25. The molecule has 1 atom stereocenters. The van der Waals surface area contributed by atoms with Gasteiger partial charge in [0.2, 0.25) is 5.91 Å². The molecule has 0 aliphatic rings. The van der Waals surface area contributed by atoms with Gasteiger partial charge in [-0.1, -0.05) is 18.5 Å². The summed E-state index contributed by atoms with van der Waals surface area (Å²) in [6.07, 6.45) is 4.28. The standard InChI is InChI=1S/C14H22ClN3OS/c1-3-8-18-14(2,13(16)19)7-5-10-20-12-11(15)6-4-9-17-12/h4,6,9,18H,3,5,7-8,10H2,1-2H3,(H2,16,19). The van der Waals surface area contributed by atoms with Gasteiger partial charge >= 0.3 is 0 Å². The van der Waals surface area contributed by atoms with Crippen molar-refractivity contribution in [2.45, 2.75) is 43.7 Å². The van der Waals surface area contributed by atoms with Crippen molar-refractivity contribution in [2.75, 3.05) is 12.3 Å². The first-order valence-corrected chi connectivity index (χ1v) is 8.14. The fourth-order valence-electron chi connectivity index (χ4n) is 1.77. The van der Waals surface area contributed by atoms with Crippen LogP contribution in [-0.2, 0) is 4.79 Å². The highest BCUT2D eigenvalue weighted by Gasteiger charge is 2.29. The van der Waals surface area contributed by atoms with E-state index in [9.17, 15) is 4.79 Å². The number of hydrogen-bond donors (Lipinski definition) is 2. The molecule has 20 heavy (non-hydrogen) atoms. The summed E-state index contributed by atoms with van der Waals surface area (Å²) >= 11 is 7.64. The Hall–Kier alpha value is -0.780. The molecule has 0 bridgehead atoms. The summed E-state index contributed by atoms with van der Waals surface area (Å²) in [5.74, 6) is 0.555. The average Bonchev–Trinajstić information content (AvgIpc) is 2.43. The lowest BCUT2D eigenvalue weighted by atomic mass is 9.95. The molecule has 4 nitrogen and oxygen atoms in total. The summed E-state index contributed by atoms with van der Waals surface area (Å²) < 4.78 is 0. The molecule has 0 aliphatic carbocycles. The fourth-order valence-corrected chi connectivity index (χ4v) is 2.88. The molecule has 1 unspecified atom stereocenters. The van der Waals surface area contributed by atoms with Gasteiger partial charge in [-0.2, -0.15) is 0 Å². The van der Waals surface area contributed by atoms with Crippen molar-refractivity contribution in [3.05, 3.63) is 23.4 Å². The van der Waals surface area contributed by atoms with Crippen LogP contribution in [0.3, 0.4) is 0 Å². The number of aromatic nitrogens is 1. The van der Waals surface area contributed by atoms with Gasteiger partial charge in [-0.05, 0) is 50.6 Å². The Balaban J connectivity index is 2.41. The summed E-state index contributed by atoms with van der Waals surface area (Å²) in [7, 11) is 0. The zero-order chi connectivity index (χ0) is 15.0. The molecule has 3 N–H and O–H groups in total. The van der Waals surface area contributed by atoms with Gasteiger partial charge in [0.1, 0.15) is 5.03 Å². The van der Waals surface area contributed by atoms with E-state index in [0.29, 0.717) is 11.4 Å². The van der Waals surface area contributed by atoms with Gasteiger partial charge in [-0.25, -0.2) is 4.98 Å². The molecular weight excluding hydrogens is 294 g/mol. The summed E-state index contributed by atoms with van der Waals surface area (Å²) in [4.78, 5) is 15.8. The number of carbonyl (C=O) groups excluding carboxylic acids is 1. The predicted octanol–water partition coefficient (Wildman–Crippen LogP) is 2.85. The van der Waals surface area contributed by atoms with Gasteiger partial charge in [0.05, 0.1) is 10.6 Å². The molecular formula is C14H22ClN3OS. The van der Waals surface area contributed by atoms with Gasteiger partial charge in [-0.3, -0.25) is 4.79 Å². The predicted molar refractivity (Wildman–Crippen MR) is 85.1 cm³/mol. The zero-order valence-corrected chi connectivity index (χ0v) is 13.6. The van der Waals surface area contributed by atoms with E-state index in [1.54, 1.807) is 18.0 Å². The molecule has 0 saturated heterocycles. The van der Waals surface area contributed by atoms with Crippen LogP contribution in [0, 0.1) is 0 Å². The second kappa shape index (κ2) is 8.49. The monoisotopic (exact) mass is 315 g/mol. The molecule has 0 fully saturated rings. The molecule has 1 amide bonds. The molecule has 0 aromatic carbocycles. The maximum absolute atomic E-state index is 11.6. The van der Waals surface area contributed by atoms with Crippen molar-refractivity contribution < 1.29 is 4.79 Å². The Morgan fingerprint density at radius 1 is 1.60 bits per heavy atom. The number of nitrogens with two attached hydrogens (primary N) is 1. The van der Waals surface area contributed by atoms with Gasteiger partial charge < -0.3 is 11.1 Å². The first kappa shape index (κ1) is 17.3. The van der Waals surface area contributed by atoms with Crippen molar-refractivity contribution in [3.8, 4) is 0 Å². The summed E-state index contributed by atoms with van der Waals surface area (Å²) in [6, 6.07) is 3.64. The number of nitrogens with zero attached hydrogens (tertiary/aromatic N) is 1. The smallest absolute Gasteiger partial charge is 0.237 e. The summed E-state index contributed by atoms with van der Waals surface area (Å²) in [5, 5.41) is 4.73. The van der Waals surface area contributed by atoms with E-state index in [2.05, 4.69) is 17.2 Å². The maximum atomic E-state index is 11.6. The number of rotatable bonds is 9. The fraction of sp³-hybridized carbons (Fsp3) is 0.571. The molecule has 6 heteroatoms. The molecule has 112 valence electrons. The Kier molecular flexibility index (Phi) is 7.34. The second-order valence-electron chi connectivity index (χ2n) is 4.87. The van der Waals surface area contributed by atoms with Gasteiger partial charge in [0.25, 0.3) is 0 Å². The van der Waals surface area contributed by atoms with Gasteiger partial charge in [-0.15, -0.1) is 11.8 Å². The number of halogens is 1. The summed E-state index contributed by atoms with van der Waals surface area (Å²) in [5.41, 5.74) is 4.85. The molecule has 0 radical (unpaired) electrons. The Bertz CT molecular complexity index is 444. The largest absolute Gasteiger partial charge is 0.368 e. The van der Waals surface area contributed by atoms with Crippen molar-refractivity contribution in [1.29, 1.82) is 0 Å². The van der Waals surface area contributed by atoms with Crippen molar-refractivity contribution in [2.24, 2.45) is 5.73 Å². The molecule has 1 rings (SSSR count). The maximum Gasteiger partial charge on any atom is 0.237 e. The number of thioether (sulfide) groups is 1. The Morgan fingerprint density at radius 2 is 2.35 bits per heavy atom. The number of pyridine rings is 1. The summed E-state index contributed by atoms with van der Waals surface area (Å²) in [6.45, 7) is 4.72. The zero-order valence-electron chi connectivity index (χ0n) is 12.0. The van der Waals surface area contributed by atoms with E-state index >= 15 is 0 Å². The van der Waals surface area contributed by atoms with Crippen LogP contribution >= 0.6 is 23.4 Å². The van der Waals surface area contributed by atoms with Crippen LogP contribution in [0.15, 0.2) is 23.4 Å². The third kappa shape index (κ3) is 5.31. The van der Waals surface area contributed by atoms with Crippen LogP contribution in [0.25, 0.3) is 0 Å². The lowest BCUT2D eigenvalue weighted by Gasteiger charge is -2.27. The van der Waals surface area contributed by atoms with Crippen molar-refractivity contribution >= 4 is 29.3 Å². The molecule has 0 saturated carbocycles. The molecule has 1 aromatic heterocycles. The number of primary amides is 1. The lowest BCUT2D eigenvalue weighted by molar-refractivity contribution is -0.124. The van der Waals surface area contributed by atoms with E-state index in [4.69, 9.17) is 17.3 Å². The number of hydrogen-bond acceptors (Lipinski definition) is 4. The highest BCUT2D eigenvalue weighted by molar-refractivity contribution is 7.99. The van der Waals surface area contributed by atoms with E-state index in [1.165, 1.54) is 0 Å². The van der Waals surface area contributed by atoms with Crippen LogP contribution in [0.4, 0.5) is 0 Å². The molecule has 1 aromatic rings. The highest BCUT2D eigenvalue weighted by atomic mass is 35.5. The first-order chi connectivity index (χ1) is 9.49. The minimum atomic E-state index is -0.634. The normalized spacial score (nSPS) is 13.9. The van der Waals surface area contributed by atoms with E-state index < -0.39 is 5.54 Å². The minimum absolute atomic E-state index is 0.299. The van der Waals surface area contributed by atoms with E-state index in [-0.39, 0.29) is 5.91 Å². The minimum Gasteiger partial charge on any atom is -0.368 e. The molecule has 0 aliphatic heterocycles. The van der Waals surface area contributed by atoms with Crippen LogP contribution in [-0.4, -0.2) is 28.7 Å². The van der Waals surface area contributed by atoms with Crippen LogP contribution in [0.5, 0.6) is 0 Å². The first-order valence-electron chi connectivity index (χ1n) is 6.78. The molecule has 1 heterocycles. The van der Waals surface area contributed by atoms with Crippen LogP contribution in [0.1, 0.15) is 33.1 Å². The quantitative estimate of drug-likeness (QED) is 0.543. The number of nitrogens with one attached hydrogen (secondary N) is 1. The van der Waals surface area contributed by atoms with Crippen molar-refractivity contribution in [1.82, 2.24) is 10.3 Å². The van der Waals surface area contributed by atoms with E-state index in [1.807, 2.05) is 19.1 Å². The van der Waals surface area contributed by atoms with E-state index in [0.717, 1.165) is 30.2 Å². The van der Waals surface area contributed by atoms with Gasteiger partial charge in [0, 0.05) is 6.20 Å².